The van der Waals surface area contributed by atoms with Gasteiger partial charge in [0, 0.05) is 11.5 Å². The molecule has 0 unspecified atom stereocenters. The number of quaternary nitrogens is 1. The molecule has 2 heterocycles. The highest BCUT2D eigenvalue weighted by molar-refractivity contribution is 5.85. The van der Waals surface area contributed by atoms with Crippen LogP contribution in [0.1, 0.15) is 12.5 Å². The zero-order valence-corrected chi connectivity index (χ0v) is 13.2. The first-order valence-electron chi connectivity index (χ1n) is 7.81. The Kier molecular flexibility index (Phi) is 3.97. The van der Waals surface area contributed by atoms with Crippen LogP contribution in [0.5, 0.6) is 5.75 Å². The van der Waals surface area contributed by atoms with Crippen molar-refractivity contribution in [3.05, 3.63) is 29.8 Å². The Balaban J connectivity index is 1.97. The number of aromatic nitrogens is 1. The number of nitrogens with one attached hydrogen (secondary N) is 2. The number of fused-ring (bicyclic) bond motifs is 1. The SMILES string of the molecule is CC[NH+]1CCN(c2cc(C)c3cccc(OC)c3[nH+]2)CC1. The van der Waals surface area contributed by atoms with E-state index >= 15 is 0 Å². The molecule has 3 rings (SSSR count). The van der Waals surface area contributed by atoms with E-state index in [1.807, 2.05) is 12.1 Å². The van der Waals surface area contributed by atoms with Crippen molar-refractivity contribution in [3.8, 4) is 5.75 Å². The molecule has 4 nitrogen and oxygen atoms in total. The number of methoxy groups -OCH3 is 1. The van der Waals surface area contributed by atoms with Crippen LogP contribution < -0.4 is 19.5 Å². The van der Waals surface area contributed by atoms with Crippen molar-refractivity contribution >= 4 is 16.7 Å². The van der Waals surface area contributed by atoms with Gasteiger partial charge in [-0.3, -0.25) is 4.90 Å². The maximum absolute atomic E-state index is 5.51. The third kappa shape index (κ3) is 2.68. The number of likely N-dealkylation sites (N-methyl/N-ethyl adjacent to an activating group) is 1. The number of piperazine rings is 1. The Hall–Kier alpha value is -1.81. The molecule has 21 heavy (non-hydrogen) atoms. The van der Waals surface area contributed by atoms with Gasteiger partial charge >= 0.3 is 0 Å². The molecule has 2 aromatic rings. The van der Waals surface area contributed by atoms with E-state index in [-0.39, 0.29) is 0 Å². The van der Waals surface area contributed by atoms with Crippen LogP contribution in [0.3, 0.4) is 0 Å². The van der Waals surface area contributed by atoms with Gasteiger partial charge in [-0.15, -0.1) is 0 Å². The van der Waals surface area contributed by atoms with E-state index in [1.165, 1.54) is 36.4 Å². The fraction of sp³-hybridized carbons (Fsp3) is 0.471. The Labute approximate surface area is 126 Å². The standard InChI is InChI=1S/C17H23N3O/c1-4-19-8-10-20(11-9-19)16-12-13(2)14-6-5-7-15(21-3)17(14)18-16/h5-7,12H,4,8-11H2,1-3H3/p+2. The van der Waals surface area contributed by atoms with Crippen LogP contribution in [-0.4, -0.2) is 39.8 Å². The molecule has 1 fully saturated rings. The molecule has 0 spiro atoms. The fourth-order valence-corrected chi connectivity index (χ4v) is 3.19. The predicted molar refractivity (Wildman–Crippen MR) is 85.2 cm³/mol. The summed E-state index contributed by atoms with van der Waals surface area (Å²) in [6.07, 6.45) is 0. The molecule has 0 aliphatic carbocycles. The van der Waals surface area contributed by atoms with E-state index in [0.717, 1.165) is 24.4 Å². The Bertz CT molecular complexity index is 633. The second-order valence-electron chi connectivity index (χ2n) is 5.81. The van der Waals surface area contributed by atoms with Gasteiger partial charge in [-0.2, -0.15) is 0 Å². The van der Waals surface area contributed by atoms with Gasteiger partial charge in [0.2, 0.25) is 0 Å². The maximum Gasteiger partial charge on any atom is 0.275 e. The maximum atomic E-state index is 5.51. The second-order valence-corrected chi connectivity index (χ2v) is 5.81. The van der Waals surface area contributed by atoms with E-state index in [0.29, 0.717) is 0 Å². The number of hydrogen-bond donors (Lipinski definition) is 1. The predicted octanol–water partition coefficient (Wildman–Crippen LogP) is 0.696. The molecule has 112 valence electrons. The van der Waals surface area contributed by atoms with Crippen molar-refractivity contribution in [1.29, 1.82) is 0 Å². The van der Waals surface area contributed by atoms with Crippen molar-refractivity contribution in [1.82, 2.24) is 0 Å². The number of nitrogens with zero attached hydrogens (tertiary/aromatic N) is 1. The monoisotopic (exact) mass is 287 g/mol. The molecule has 1 aliphatic heterocycles. The number of hydrogen-bond acceptors (Lipinski definition) is 2. The lowest BCUT2D eigenvalue weighted by molar-refractivity contribution is -0.898. The zero-order valence-electron chi connectivity index (χ0n) is 13.2. The fourth-order valence-electron chi connectivity index (χ4n) is 3.19. The molecule has 1 saturated heterocycles. The van der Waals surface area contributed by atoms with E-state index in [4.69, 9.17) is 4.74 Å². The van der Waals surface area contributed by atoms with Gasteiger partial charge < -0.3 is 9.64 Å². The average molecular weight is 287 g/mol. The van der Waals surface area contributed by atoms with E-state index in [1.54, 1.807) is 12.0 Å². The number of ether oxygens (including phenoxy) is 1. The van der Waals surface area contributed by atoms with Gasteiger partial charge in [-0.05, 0) is 25.5 Å². The second kappa shape index (κ2) is 5.90. The van der Waals surface area contributed by atoms with Crippen LogP contribution in [0.25, 0.3) is 10.9 Å². The summed E-state index contributed by atoms with van der Waals surface area (Å²) in [5, 5.41) is 1.23. The van der Waals surface area contributed by atoms with Crippen molar-refractivity contribution < 1.29 is 14.6 Å². The number of aryl methyl sites for hydroxylation is 1. The van der Waals surface area contributed by atoms with Crippen molar-refractivity contribution in [3.63, 3.8) is 0 Å². The highest BCUT2D eigenvalue weighted by Gasteiger charge is 2.26. The van der Waals surface area contributed by atoms with Gasteiger partial charge in [0.05, 0.1) is 13.7 Å². The van der Waals surface area contributed by atoms with Crippen LogP contribution in [-0.2, 0) is 0 Å². The molecule has 4 heteroatoms. The minimum Gasteiger partial charge on any atom is -0.492 e. The largest absolute Gasteiger partial charge is 0.492 e. The van der Waals surface area contributed by atoms with Gasteiger partial charge in [0.1, 0.15) is 26.2 Å². The molecule has 1 aromatic heterocycles. The van der Waals surface area contributed by atoms with Crippen LogP contribution in [0.4, 0.5) is 5.82 Å². The van der Waals surface area contributed by atoms with E-state index < -0.39 is 0 Å². The molecule has 2 N–H and O–H groups in total. The summed E-state index contributed by atoms with van der Waals surface area (Å²) in [7, 11) is 1.73. The minimum atomic E-state index is 0.912. The summed E-state index contributed by atoms with van der Waals surface area (Å²) >= 11 is 0. The zero-order chi connectivity index (χ0) is 14.8. The van der Waals surface area contributed by atoms with E-state index in [9.17, 15) is 0 Å². The highest BCUT2D eigenvalue weighted by Crippen LogP contribution is 2.26. The molecule has 0 bridgehead atoms. The van der Waals surface area contributed by atoms with Gasteiger partial charge in [0.15, 0.2) is 11.3 Å². The number of H-pyrrole nitrogens is 1. The summed E-state index contributed by atoms with van der Waals surface area (Å²) < 4.78 is 5.51. The minimum absolute atomic E-state index is 0.912. The average Bonchev–Trinajstić information content (AvgIpc) is 2.54. The van der Waals surface area contributed by atoms with Crippen LogP contribution in [0.15, 0.2) is 24.3 Å². The first-order chi connectivity index (χ1) is 10.2. The Morgan fingerprint density at radius 2 is 2.05 bits per heavy atom. The number of para-hydroxylation sites is 1. The number of rotatable bonds is 3. The van der Waals surface area contributed by atoms with Crippen molar-refractivity contribution in [2.45, 2.75) is 13.8 Å². The number of benzene rings is 1. The molecule has 1 aromatic carbocycles. The lowest BCUT2D eigenvalue weighted by atomic mass is 10.1. The molecule has 0 atom stereocenters. The lowest BCUT2D eigenvalue weighted by Gasteiger charge is -2.27. The molecule has 1 aliphatic rings. The lowest BCUT2D eigenvalue weighted by Crippen LogP contribution is -3.14. The summed E-state index contributed by atoms with van der Waals surface area (Å²) in [6, 6.07) is 8.47. The van der Waals surface area contributed by atoms with Crippen LogP contribution in [0, 0.1) is 6.92 Å². The topological polar surface area (TPSA) is 31.1 Å². The molecular weight excluding hydrogens is 262 g/mol. The molecule has 0 radical (unpaired) electrons. The van der Waals surface area contributed by atoms with Crippen molar-refractivity contribution in [2.75, 3.05) is 44.7 Å². The van der Waals surface area contributed by atoms with Crippen molar-refractivity contribution in [2.24, 2.45) is 0 Å². The van der Waals surface area contributed by atoms with E-state index in [2.05, 4.69) is 35.9 Å². The molecule has 0 saturated carbocycles. The molecule has 0 amide bonds. The quantitative estimate of drug-likeness (QED) is 0.901. The summed E-state index contributed by atoms with van der Waals surface area (Å²) in [6.45, 7) is 10.3. The summed E-state index contributed by atoms with van der Waals surface area (Å²) in [5.74, 6) is 2.12. The number of anilines is 1. The number of aromatic amines is 1. The third-order valence-electron chi connectivity index (χ3n) is 4.59. The normalized spacial score (nSPS) is 16.4. The van der Waals surface area contributed by atoms with Crippen LogP contribution in [0.2, 0.25) is 0 Å². The third-order valence-corrected chi connectivity index (χ3v) is 4.59. The highest BCUT2D eigenvalue weighted by atomic mass is 16.5. The molecular formula is C17H25N3O+2. The smallest absolute Gasteiger partial charge is 0.275 e. The Morgan fingerprint density at radius 1 is 1.29 bits per heavy atom. The Morgan fingerprint density at radius 3 is 2.71 bits per heavy atom. The van der Waals surface area contributed by atoms with Gasteiger partial charge in [-0.1, -0.05) is 12.1 Å². The first-order valence-corrected chi connectivity index (χ1v) is 7.81. The number of pyridine rings is 1. The van der Waals surface area contributed by atoms with Gasteiger partial charge in [0.25, 0.3) is 5.82 Å². The first kappa shape index (κ1) is 14.1. The summed E-state index contributed by atoms with van der Waals surface area (Å²) in [4.78, 5) is 7.73. The van der Waals surface area contributed by atoms with Crippen LogP contribution >= 0.6 is 0 Å². The summed E-state index contributed by atoms with van der Waals surface area (Å²) in [5.41, 5.74) is 2.39. The van der Waals surface area contributed by atoms with Gasteiger partial charge in [-0.25, -0.2) is 4.98 Å².